The number of aromatic nitrogens is 6. The smallest absolute Gasteiger partial charge is 0.403 e. The van der Waals surface area contributed by atoms with E-state index in [1.807, 2.05) is 64.6 Å². The molecule has 2 aromatic heterocycles. The molecule has 0 spiro atoms. The zero-order valence-electron chi connectivity index (χ0n) is 25.6. The number of hydrogen-bond acceptors (Lipinski definition) is 10. The van der Waals surface area contributed by atoms with Crippen molar-refractivity contribution < 1.29 is 18.6 Å². The Hall–Kier alpha value is -4.88. The van der Waals surface area contributed by atoms with E-state index in [1.165, 1.54) is 0 Å². The first kappa shape index (κ1) is 30.1. The summed E-state index contributed by atoms with van der Waals surface area (Å²) in [5, 5.41) is 25.8. The van der Waals surface area contributed by atoms with Crippen molar-refractivity contribution in [2.45, 2.75) is 12.8 Å². The van der Waals surface area contributed by atoms with Gasteiger partial charge in [-0.15, -0.1) is 9.36 Å². The number of anilines is 2. The molecule has 222 valence electrons. The number of benzene rings is 2. The maximum Gasteiger partial charge on any atom is 0.403 e. The van der Waals surface area contributed by atoms with Crippen LogP contribution in [-0.2, 0) is 28.2 Å². The Bertz CT molecular complexity index is 1400. The van der Waals surface area contributed by atoms with Crippen molar-refractivity contribution in [3.63, 3.8) is 0 Å². The van der Waals surface area contributed by atoms with Crippen molar-refractivity contribution >= 4 is 34.6 Å². The van der Waals surface area contributed by atoms with E-state index in [4.69, 9.17) is 9.47 Å². The summed E-state index contributed by atoms with van der Waals surface area (Å²) >= 11 is 0. The van der Waals surface area contributed by atoms with Gasteiger partial charge in [-0.3, -0.25) is 0 Å². The maximum atomic E-state index is 5.60. The van der Waals surface area contributed by atoms with Gasteiger partial charge in [0.15, 0.2) is 0 Å². The summed E-state index contributed by atoms with van der Waals surface area (Å²) in [6, 6.07) is 11.9. The molecule has 0 saturated carbocycles. The van der Waals surface area contributed by atoms with Crippen LogP contribution in [0.1, 0.15) is 12.8 Å². The third-order valence-corrected chi connectivity index (χ3v) is 6.95. The lowest BCUT2D eigenvalue weighted by Crippen LogP contribution is -2.25. The van der Waals surface area contributed by atoms with E-state index >= 15 is 0 Å². The molecule has 14 nitrogen and oxygen atoms in total. The van der Waals surface area contributed by atoms with Gasteiger partial charge in [0.25, 0.3) is 0 Å². The normalized spacial score (nSPS) is 11.5. The number of rotatable bonds is 13. The lowest BCUT2D eigenvalue weighted by Gasteiger charge is -2.23. The molecule has 42 heavy (non-hydrogen) atoms. The van der Waals surface area contributed by atoms with Crippen LogP contribution in [0, 0.1) is 0 Å². The van der Waals surface area contributed by atoms with Crippen molar-refractivity contribution in [2.24, 2.45) is 48.6 Å². The van der Waals surface area contributed by atoms with Gasteiger partial charge < -0.3 is 19.3 Å². The van der Waals surface area contributed by atoms with Gasteiger partial charge in [0.1, 0.15) is 22.9 Å². The summed E-state index contributed by atoms with van der Waals surface area (Å²) in [5.74, 6) is 2.61. The predicted octanol–water partition coefficient (Wildman–Crippen LogP) is 4.00. The molecule has 4 rings (SSSR count). The summed E-state index contributed by atoms with van der Waals surface area (Å²) in [6.07, 6.45) is 5.42. The summed E-state index contributed by atoms with van der Waals surface area (Å²) in [4.78, 5) is 4.44. The number of aryl methyl sites for hydroxylation is 4. The van der Waals surface area contributed by atoms with Crippen LogP contribution >= 0.6 is 0 Å². The van der Waals surface area contributed by atoms with Crippen molar-refractivity contribution in [2.75, 3.05) is 51.2 Å². The number of ether oxygens (including phenoxy) is 2. The number of nitrogens with zero attached hydrogens (tertiary/aromatic N) is 12. The third kappa shape index (κ3) is 7.06. The van der Waals surface area contributed by atoms with E-state index in [-0.39, 0.29) is 0 Å². The molecule has 0 fully saturated rings. The van der Waals surface area contributed by atoms with Gasteiger partial charge in [-0.1, -0.05) is 10.2 Å². The summed E-state index contributed by atoms with van der Waals surface area (Å²) < 4.78 is 18.1. The van der Waals surface area contributed by atoms with E-state index in [2.05, 4.69) is 54.5 Å². The molecule has 2 aromatic carbocycles. The van der Waals surface area contributed by atoms with Gasteiger partial charge in [-0.2, -0.15) is 0 Å². The second-order valence-corrected chi connectivity index (χ2v) is 9.99. The molecule has 0 atom stereocenters. The minimum absolute atomic E-state index is 0.637. The Kier molecular flexibility index (Phi) is 9.78. The first-order valence-corrected chi connectivity index (χ1v) is 13.6. The molecule has 2 heterocycles. The first-order valence-electron chi connectivity index (χ1n) is 13.6. The van der Waals surface area contributed by atoms with Crippen LogP contribution in [0.4, 0.5) is 34.6 Å². The highest BCUT2D eigenvalue weighted by molar-refractivity contribution is 5.62. The highest BCUT2D eigenvalue weighted by Gasteiger charge is 2.15. The molecule has 0 aliphatic carbocycles. The number of methoxy groups -OCH3 is 2. The van der Waals surface area contributed by atoms with Gasteiger partial charge in [0.2, 0.25) is 12.7 Å². The Morgan fingerprint density at radius 3 is 1.43 bits per heavy atom. The first-order chi connectivity index (χ1) is 20.2. The Morgan fingerprint density at radius 2 is 1.10 bits per heavy atom. The molecule has 0 aliphatic heterocycles. The molecule has 0 bridgehead atoms. The van der Waals surface area contributed by atoms with E-state index in [0.29, 0.717) is 34.8 Å². The van der Waals surface area contributed by atoms with E-state index in [0.717, 1.165) is 37.3 Å². The van der Waals surface area contributed by atoms with Gasteiger partial charge in [0, 0.05) is 60.9 Å². The van der Waals surface area contributed by atoms with Crippen LogP contribution in [-0.4, -0.2) is 61.0 Å². The van der Waals surface area contributed by atoms with Crippen LogP contribution < -0.4 is 28.4 Å². The summed E-state index contributed by atoms with van der Waals surface area (Å²) in [7, 11) is 14.9. The number of unbranched alkanes of at least 4 members (excludes halogenated alkanes) is 1. The highest BCUT2D eigenvalue weighted by atomic mass is 16.5. The lowest BCUT2D eigenvalue weighted by atomic mass is 10.2. The fourth-order valence-corrected chi connectivity index (χ4v) is 4.37. The van der Waals surface area contributed by atoms with Crippen LogP contribution in [0.25, 0.3) is 0 Å². The predicted molar refractivity (Wildman–Crippen MR) is 159 cm³/mol. The zero-order valence-corrected chi connectivity index (χ0v) is 25.6. The molecular formula is C28H40N12O2+2. The molecule has 0 saturated heterocycles. The molecule has 0 aliphatic rings. The van der Waals surface area contributed by atoms with E-state index < -0.39 is 0 Å². The molecular weight excluding hydrogens is 536 g/mol. The maximum absolute atomic E-state index is 5.60. The van der Waals surface area contributed by atoms with Gasteiger partial charge in [-0.05, 0) is 47.3 Å². The van der Waals surface area contributed by atoms with Crippen LogP contribution in [0.3, 0.4) is 0 Å². The number of azo groups is 2. The lowest BCUT2D eigenvalue weighted by molar-refractivity contribution is -0.659. The van der Waals surface area contributed by atoms with Gasteiger partial charge in [0.05, 0.1) is 42.4 Å². The quantitative estimate of drug-likeness (QED) is 0.135. The SMILES string of the molecule is COc1cc(N(C)CCCCN(C)c2ccc(N=Nc3n(C)nc[n+]3C)c(OC)c2)ccc1N=Nc1n(C)nc[n+]1C. The van der Waals surface area contributed by atoms with Crippen LogP contribution in [0.15, 0.2) is 69.5 Å². The van der Waals surface area contributed by atoms with Gasteiger partial charge >= 0.3 is 11.9 Å². The molecule has 0 unspecified atom stereocenters. The fourth-order valence-electron chi connectivity index (χ4n) is 4.37. The third-order valence-electron chi connectivity index (χ3n) is 6.95. The molecule has 0 radical (unpaired) electrons. The Morgan fingerprint density at radius 1 is 0.690 bits per heavy atom. The second-order valence-electron chi connectivity index (χ2n) is 9.99. The minimum atomic E-state index is 0.637. The van der Waals surface area contributed by atoms with E-state index in [1.54, 1.807) is 45.4 Å². The standard InChI is InChI=1S/C28H40N12O2/c1-35(21-11-13-23(25(17-21)41-7)31-33-27-37(3)19-29-39(27)5)15-9-10-16-36(2)22-12-14-24(26(18-22)42-8)32-34-28-38(4)20-30-40(28)6/h11-14,17-20H,9-10,15-16H2,1-8H3/q+2. The molecule has 0 amide bonds. The van der Waals surface area contributed by atoms with Crippen LogP contribution in [0.5, 0.6) is 11.5 Å². The Balaban J connectivity index is 1.31. The van der Waals surface area contributed by atoms with Crippen molar-refractivity contribution in [3.8, 4) is 11.5 Å². The van der Waals surface area contributed by atoms with Gasteiger partial charge in [-0.25, -0.2) is 9.13 Å². The highest BCUT2D eigenvalue weighted by Crippen LogP contribution is 2.34. The minimum Gasteiger partial charge on any atom is -0.494 e. The average molecular weight is 577 g/mol. The Labute approximate surface area is 246 Å². The van der Waals surface area contributed by atoms with Crippen LogP contribution in [0.2, 0.25) is 0 Å². The molecule has 4 aromatic rings. The second kappa shape index (κ2) is 13.7. The summed E-state index contributed by atoms with van der Waals surface area (Å²) in [5.41, 5.74) is 3.43. The van der Waals surface area contributed by atoms with E-state index in [9.17, 15) is 0 Å². The average Bonchev–Trinajstić information content (AvgIpc) is 3.50. The topological polar surface area (TPSA) is 118 Å². The number of hydrogen-bond donors (Lipinski definition) is 0. The van der Waals surface area contributed by atoms with Crippen molar-refractivity contribution in [3.05, 3.63) is 49.1 Å². The zero-order chi connectivity index (χ0) is 30.2. The van der Waals surface area contributed by atoms with Crippen molar-refractivity contribution in [1.29, 1.82) is 0 Å². The monoisotopic (exact) mass is 576 g/mol. The molecule has 14 heteroatoms. The molecule has 0 N–H and O–H groups in total. The van der Waals surface area contributed by atoms with Crippen molar-refractivity contribution in [1.82, 2.24) is 19.6 Å². The summed E-state index contributed by atoms with van der Waals surface area (Å²) in [6.45, 7) is 1.80. The largest absolute Gasteiger partial charge is 0.494 e. The fraction of sp³-hybridized carbons (Fsp3) is 0.429.